The van der Waals surface area contributed by atoms with E-state index in [2.05, 4.69) is 15.1 Å². The van der Waals surface area contributed by atoms with Crippen LogP contribution in [0.3, 0.4) is 0 Å². The van der Waals surface area contributed by atoms with Crippen molar-refractivity contribution in [1.82, 2.24) is 24.1 Å². The standard InChI is InChI=1S/C21H24N6O3S2/c1-25-20-17(12-24-25)21(23-14-22-20)31-13-19(28)27-10-7-15-11-16(5-6-18(15)27)32(29,30)26-8-3-2-4-9-26/h5-6,11-12,14H,2-4,7-10,13H2,1H3. The van der Waals surface area contributed by atoms with Crippen molar-refractivity contribution in [3.63, 3.8) is 0 Å². The van der Waals surface area contributed by atoms with Gasteiger partial charge in [0, 0.05) is 32.4 Å². The van der Waals surface area contributed by atoms with Gasteiger partial charge >= 0.3 is 0 Å². The highest BCUT2D eigenvalue weighted by molar-refractivity contribution is 8.00. The van der Waals surface area contributed by atoms with Crippen LogP contribution in [0.4, 0.5) is 5.69 Å². The number of anilines is 1. The Labute approximate surface area is 190 Å². The van der Waals surface area contributed by atoms with Crippen LogP contribution in [-0.4, -0.2) is 63.8 Å². The first-order valence-corrected chi connectivity index (χ1v) is 13.1. The Morgan fingerprint density at radius 2 is 1.94 bits per heavy atom. The highest BCUT2D eigenvalue weighted by Gasteiger charge is 2.30. The van der Waals surface area contributed by atoms with Gasteiger partial charge in [-0.2, -0.15) is 9.40 Å². The number of hydrogen-bond acceptors (Lipinski definition) is 7. The van der Waals surface area contributed by atoms with E-state index in [-0.39, 0.29) is 11.7 Å². The number of nitrogens with zero attached hydrogens (tertiary/aromatic N) is 6. The molecule has 0 unspecified atom stereocenters. The zero-order chi connectivity index (χ0) is 22.3. The van der Waals surface area contributed by atoms with Crippen LogP contribution in [0.5, 0.6) is 0 Å². The fourth-order valence-electron chi connectivity index (χ4n) is 4.32. The first kappa shape index (κ1) is 21.4. The maximum absolute atomic E-state index is 13.0. The molecule has 11 heteroatoms. The lowest BCUT2D eigenvalue weighted by molar-refractivity contribution is -0.116. The number of benzene rings is 1. The molecular weight excluding hydrogens is 448 g/mol. The third-order valence-electron chi connectivity index (χ3n) is 6.03. The molecule has 1 amide bonds. The molecule has 1 saturated heterocycles. The number of aromatic nitrogens is 4. The van der Waals surface area contributed by atoms with E-state index in [0.717, 1.165) is 46.6 Å². The largest absolute Gasteiger partial charge is 0.311 e. The van der Waals surface area contributed by atoms with Gasteiger partial charge in [-0.3, -0.25) is 9.48 Å². The van der Waals surface area contributed by atoms with Crippen LogP contribution in [0.1, 0.15) is 24.8 Å². The van der Waals surface area contributed by atoms with Crippen LogP contribution in [0, 0.1) is 0 Å². The predicted octanol–water partition coefficient (Wildman–Crippen LogP) is 2.22. The Balaban J connectivity index is 1.31. The first-order valence-electron chi connectivity index (χ1n) is 10.6. The smallest absolute Gasteiger partial charge is 0.243 e. The van der Waals surface area contributed by atoms with E-state index >= 15 is 0 Å². The van der Waals surface area contributed by atoms with E-state index < -0.39 is 10.0 Å². The van der Waals surface area contributed by atoms with E-state index in [1.165, 1.54) is 18.1 Å². The number of sulfonamides is 1. The monoisotopic (exact) mass is 472 g/mol. The number of rotatable bonds is 5. The average molecular weight is 473 g/mol. The van der Waals surface area contributed by atoms with Crippen LogP contribution in [-0.2, 0) is 28.3 Å². The molecule has 32 heavy (non-hydrogen) atoms. The van der Waals surface area contributed by atoms with Crippen molar-refractivity contribution in [2.45, 2.75) is 35.6 Å². The number of thioether (sulfide) groups is 1. The molecule has 4 heterocycles. The second kappa shape index (κ2) is 8.45. The van der Waals surface area contributed by atoms with Crippen LogP contribution >= 0.6 is 11.8 Å². The van der Waals surface area contributed by atoms with Gasteiger partial charge in [-0.25, -0.2) is 18.4 Å². The van der Waals surface area contributed by atoms with Crippen molar-refractivity contribution in [2.24, 2.45) is 7.05 Å². The summed E-state index contributed by atoms with van der Waals surface area (Å²) in [6, 6.07) is 5.14. The summed E-state index contributed by atoms with van der Waals surface area (Å²) < 4.78 is 29.2. The van der Waals surface area contributed by atoms with Crippen molar-refractivity contribution >= 4 is 44.4 Å². The second-order valence-electron chi connectivity index (χ2n) is 8.02. The molecule has 5 rings (SSSR count). The number of fused-ring (bicyclic) bond motifs is 2. The molecule has 168 valence electrons. The summed E-state index contributed by atoms with van der Waals surface area (Å²) in [5.41, 5.74) is 2.42. The average Bonchev–Trinajstić information content (AvgIpc) is 3.41. The maximum atomic E-state index is 13.0. The summed E-state index contributed by atoms with van der Waals surface area (Å²) in [5, 5.41) is 5.75. The Morgan fingerprint density at radius 3 is 2.75 bits per heavy atom. The molecular formula is C21H24N6O3S2. The summed E-state index contributed by atoms with van der Waals surface area (Å²) in [4.78, 5) is 23.6. The maximum Gasteiger partial charge on any atom is 0.243 e. The molecule has 0 atom stereocenters. The number of hydrogen-bond donors (Lipinski definition) is 0. The molecule has 3 aromatic rings. The zero-order valence-corrected chi connectivity index (χ0v) is 19.4. The van der Waals surface area contributed by atoms with Gasteiger partial charge in [0.25, 0.3) is 0 Å². The van der Waals surface area contributed by atoms with Gasteiger partial charge in [0.1, 0.15) is 11.4 Å². The summed E-state index contributed by atoms with van der Waals surface area (Å²) in [7, 11) is -1.67. The van der Waals surface area contributed by atoms with E-state index in [1.54, 1.807) is 38.3 Å². The first-order chi connectivity index (χ1) is 15.4. The minimum Gasteiger partial charge on any atom is -0.311 e. The summed E-state index contributed by atoms with van der Waals surface area (Å²) in [6.45, 7) is 1.71. The van der Waals surface area contributed by atoms with Crippen molar-refractivity contribution in [2.75, 3.05) is 30.3 Å². The van der Waals surface area contributed by atoms with Crippen LogP contribution < -0.4 is 4.90 Å². The second-order valence-corrected chi connectivity index (χ2v) is 10.9. The molecule has 1 fully saturated rings. The van der Waals surface area contributed by atoms with Gasteiger partial charge in [-0.1, -0.05) is 18.2 Å². The lowest BCUT2D eigenvalue weighted by atomic mass is 10.2. The van der Waals surface area contributed by atoms with Crippen molar-refractivity contribution in [3.8, 4) is 0 Å². The zero-order valence-electron chi connectivity index (χ0n) is 17.8. The van der Waals surface area contributed by atoms with E-state index in [4.69, 9.17) is 0 Å². The molecule has 0 aliphatic carbocycles. The number of amides is 1. The number of piperidine rings is 1. The van der Waals surface area contributed by atoms with Gasteiger partial charge in [0.2, 0.25) is 15.9 Å². The van der Waals surface area contributed by atoms with Gasteiger partial charge < -0.3 is 4.90 Å². The minimum absolute atomic E-state index is 0.0314. The molecule has 0 N–H and O–H groups in total. The van der Waals surface area contributed by atoms with Gasteiger partial charge in [0.15, 0.2) is 5.65 Å². The summed E-state index contributed by atoms with van der Waals surface area (Å²) in [5.74, 6) is 0.199. The SMILES string of the molecule is Cn1ncc2c(SCC(=O)N3CCc4cc(S(=O)(=O)N5CCCCC5)ccc43)ncnc21. The third-order valence-corrected chi connectivity index (χ3v) is 8.91. The van der Waals surface area contributed by atoms with Crippen molar-refractivity contribution in [3.05, 3.63) is 36.3 Å². The van der Waals surface area contributed by atoms with Crippen LogP contribution in [0.2, 0.25) is 0 Å². The molecule has 0 saturated carbocycles. The normalized spacial score (nSPS) is 17.1. The number of aryl methyl sites for hydroxylation is 1. The lowest BCUT2D eigenvalue weighted by Gasteiger charge is -2.26. The number of carbonyl (C=O) groups excluding carboxylic acids is 1. The van der Waals surface area contributed by atoms with Gasteiger partial charge in [-0.15, -0.1) is 0 Å². The molecule has 2 aromatic heterocycles. The lowest BCUT2D eigenvalue weighted by Crippen LogP contribution is -2.35. The predicted molar refractivity (Wildman–Crippen MR) is 122 cm³/mol. The number of carbonyl (C=O) groups is 1. The molecule has 0 spiro atoms. The van der Waals surface area contributed by atoms with Gasteiger partial charge in [-0.05, 0) is 43.0 Å². The highest BCUT2D eigenvalue weighted by Crippen LogP contribution is 2.33. The molecule has 2 aliphatic rings. The Morgan fingerprint density at radius 1 is 1.12 bits per heavy atom. The van der Waals surface area contributed by atoms with Gasteiger partial charge in [0.05, 0.1) is 22.2 Å². The Kier molecular flexibility index (Phi) is 5.64. The summed E-state index contributed by atoms with van der Waals surface area (Å²) in [6.07, 6.45) is 6.72. The molecule has 0 radical (unpaired) electrons. The van der Waals surface area contributed by atoms with E-state index in [9.17, 15) is 13.2 Å². The molecule has 1 aromatic carbocycles. The summed E-state index contributed by atoms with van der Waals surface area (Å²) >= 11 is 1.36. The Hall–Kier alpha value is -2.50. The van der Waals surface area contributed by atoms with Crippen LogP contribution in [0.25, 0.3) is 11.0 Å². The molecule has 9 nitrogen and oxygen atoms in total. The quantitative estimate of drug-likeness (QED) is 0.414. The van der Waals surface area contributed by atoms with Crippen molar-refractivity contribution in [1.29, 1.82) is 0 Å². The molecule has 2 aliphatic heterocycles. The Bertz CT molecular complexity index is 1280. The van der Waals surface area contributed by atoms with Crippen LogP contribution in [0.15, 0.2) is 40.6 Å². The fourth-order valence-corrected chi connectivity index (χ4v) is 6.72. The third kappa shape index (κ3) is 3.78. The van der Waals surface area contributed by atoms with E-state index in [1.807, 2.05) is 7.05 Å². The molecule has 0 bridgehead atoms. The topological polar surface area (TPSA) is 101 Å². The minimum atomic E-state index is -3.48. The van der Waals surface area contributed by atoms with E-state index in [0.29, 0.717) is 31.0 Å². The van der Waals surface area contributed by atoms with Crippen molar-refractivity contribution < 1.29 is 13.2 Å². The fraction of sp³-hybridized carbons (Fsp3) is 0.429. The highest BCUT2D eigenvalue weighted by atomic mass is 32.2.